The Bertz CT molecular complexity index is 1370. The first kappa shape index (κ1) is 20.0. The molecule has 11 heteroatoms. The maximum Gasteiger partial charge on any atom is 0.416 e. The van der Waals surface area contributed by atoms with Crippen LogP contribution in [-0.4, -0.2) is 19.9 Å². The second-order valence-electron chi connectivity index (χ2n) is 6.48. The molecule has 0 amide bonds. The van der Waals surface area contributed by atoms with Crippen molar-refractivity contribution in [2.45, 2.75) is 6.18 Å². The van der Waals surface area contributed by atoms with E-state index >= 15 is 0 Å². The van der Waals surface area contributed by atoms with Crippen molar-refractivity contribution in [2.24, 2.45) is 0 Å². The summed E-state index contributed by atoms with van der Waals surface area (Å²) in [5.74, 6) is -0.0967. The van der Waals surface area contributed by atoms with Gasteiger partial charge in [-0.1, -0.05) is 18.2 Å². The van der Waals surface area contributed by atoms with Crippen LogP contribution in [0.15, 0.2) is 65.6 Å². The second kappa shape index (κ2) is 7.52. The van der Waals surface area contributed by atoms with Gasteiger partial charge in [0, 0.05) is 29.6 Å². The minimum Gasteiger partial charge on any atom is -0.326 e. The molecule has 2 N–H and O–H groups in total. The maximum atomic E-state index is 12.9. The van der Waals surface area contributed by atoms with E-state index in [2.05, 4.69) is 20.3 Å². The average molecular weight is 427 g/mol. The molecule has 2 heterocycles. The van der Waals surface area contributed by atoms with E-state index in [0.717, 1.165) is 12.1 Å². The first-order valence-electron chi connectivity index (χ1n) is 8.80. The number of nitrogens with one attached hydrogen (secondary N) is 2. The van der Waals surface area contributed by atoms with Crippen molar-refractivity contribution in [3.63, 3.8) is 0 Å². The van der Waals surface area contributed by atoms with Gasteiger partial charge in [-0.3, -0.25) is 19.9 Å². The number of nitro groups is 1. The standard InChI is InChI=1S/C20H12F3N5O3/c21-20(22,23)12-4-2-5-13(10-12)25-19-26-17-16(18(29)27-19)15(7-8-24-17)11-3-1-6-14(9-11)28(30)31/h1-10H,(H2,24,25,26,27,29). The molecule has 0 spiro atoms. The summed E-state index contributed by atoms with van der Waals surface area (Å²) in [6.07, 6.45) is -3.13. The number of hydrogen-bond acceptors (Lipinski definition) is 6. The molecule has 0 saturated carbocycles. The van der Waals surface area contributed by atoms with Gasteiger partial charge in [0.05, 0.1) is 15.9 Å². The Morgan fingerprint density at radius 1 is 1.06 bits per heavy atom. The highest BCUT2D eigenvalue weighted by atomic mass is 19.4. The van der Waals surface area contributed by atoms with Crippen LogP contribution < -0.4 is 10.9 Å². The number of H-pyrrole nitrogens is 1. The third-order valence-corrected chi connectivity index (χ3v) is 4.43. The number of aromatic nitrogens is 3. The third kappa shape index (κ3) is 4.06. The van der Waals surface area contributed by atoms with Crippen LogP contribution in [0.5, 0.6) is 0 Å². The van der Waals surface area contributed by atoms with Crippen LogP contribution in [0.3, 0.4) is 0 Å². The molecule has 0 saturated heterocycles. The summed E-state index contributed by atoms with van der Waals surface area (Å²) in [6, 6.07) is 11.7. The Kier molecular flexibility index (Phi) is 4.85. The van der Waals surface area contributed by atoms with E-state index in [9.17, 15) is 28.1 Å². The minimum atomic E-state index is -4.52. The number of anilines is 2. The van der Waals surface area contributed by atoms with Crippen LogP contribution in [0, 0.1) is 10.1 Å². The maximum absolute atomic E-state index is 12.9. The third-order valence-electron chi connectivity index (χ3n) is 4.43. The Labute approximate surface area is 171 Å². The number of non-ortho nitro benzene ring substituents is 1. The van der Waals surface area contributed by atoms with Crippen molar-refractivity contribution in [2.75, 3.05) is 5.32 Å². The minimum absolute atomic E-state index is 0.0298. The van der Waals surface area contributed by atoms with Gasteiger partial charge in [0.25, 0.3) is 11.2 Å². The number of alkyl halides is 3. The van der Waals surface area contributed by atoms with Gasteiger partial charge in [0.2, 0.25) is 5.95 Å². The number of aromatic amines is 1. The molecule has 8 nitrogen and oxygen atoms in total. The summed E-state index contributed by atoms with van der Waals surface area (Å²) < 4.78 is 38.7. The molecular weight excluding hydrogens is 415 g/mol. The predicted molar refractivity (Wildman–Crippen MR) is 107 cm³/mol. The molecule has 0 atom stereocenters. The van der Waals surface area contributed by atoms with Gasteiger partial charge in [-0.15, -0.1) is 0 Å². The highest BCUT2D eigenvalue weighted by Gasteiger charge is 2.30. The van der Waals surface area contributed by atoms with Crippen molar-refractivity contribution in [3.05, 3.63) is 86.8 Å². The van der Waals surface area contributed by atoms with E-state index < -0.39 is 22.2 Å². The van der Waals surface area contributed by atoms with Crippen molar-refractivity contribution < 1.29 is 18.1 Å². The van der Waals surface area contributed by atoms with Gasteiger partial charge in [0.1, 0.15) is 0 Å². The molecule has 4 rings (SSSR count). The van der Waals surface area contributed by atoms with Crippen molar-refractivity contribution >= 4 is 28.4 Å². The van der Waals surface area contributed by atoms with Crippen LogP contribution in [0.1, 0.15) is 5.56 Å². The number of nitrogens with zero attached hydrogens (tertiary/aromatic N) is 3. The zero-order valence-electron chi connectivity index (χ0n) is 15.5. The van der Waals surface area contributed by atoms with Crippen LogP contribution in [0.4, 0.5) is 30.5 Å². The molecule has 0 unspecified atom stereocenters. The van der Waals surface area contributed by atoms with Crippen LogP contribution in [-0.2, 0) is 6.18 Å². The summed E-state index contributed by atoms with van der Waals surface area (Å²) in [7, 11) is 0. The molecule has 156 valence electrons. The SMILES string of the molecule is O=c1[nH]c(Nc2cccc(C(F)(F)F)c2)nc2nccc(-c3cccc([N+](=O)[O-])c3)c12. The fourth-order valence-electron chi connectivity index (χ4n) is 3.06. The van der Waals surface area contributed by atoms with Crippen molar-refractivity contribution in [3.8, 4) is 11.1 Å². The molecule has 0 bridgehead atoms. The first-order valence-corrected chi connectivity index (χ1v) is 8.80. The molecule has 0 fully saturated rings. The summed E-state index contributed by atoms with van der Waals surface area (Å²) >= 11 is 0. The van der Waals surface area contributed by atoms with Gasteiger partial charge in [0.15, 0.2) is 5.65 Å². The van der Waals surface area contributed by atoms with Crippen molar-refractivity contribution in [1.82, 2.24) is 15.0 Å². The quantitative estimate of drug-likeness (QED) is 0.362. The zero-order chi connectivity index (χ0) is 22.2. The number of halogens is 3. The fraction of sp³-hybridized carbons (Fsp3) is 0.0500. The smallest absolute Gasteiger partial charge is 0.326 e. The van der Waals surface area contributed by atoms with E-state index in [0.29, 0.717) is 11.1 Å². The van der Waals surface area contributed by atoms with E-state index in [1.54, 1.807) is 6.07 Å². The summed E-state index contributed by atoms with van der Waals surface area (Å²) in [5, 5.41) is 13.8. The normalized spacial score (nSPS) is 11.5. The molecule has 4 aromatic rings. The van der Waals surface area contributed by atoms with Crippen LogP contribution in [0.25, 0.3) is 22.2 Å². The average Bonchev–Trinajstić information content (AvgIpc) is 2.73. The Morgan fingerprint density at radius 3 is 2.58 bits per heavy atom. The fourth-order valence-corrected chi connectivity index (χ4v) is 3.06. The molecule has 0 aliphatic heterocycles. The number of nitro benzene ring substituents is 1. The topological polar surface area (TPSA) is 114 Å². The van der Waals surface area contributed by atoms with Gasteiger partial charge in [-0.25, -0.2) is 4.98 Å². The van der Waals surface area contributed by atoms with Gasteiger partial charge < -0.3 is 5.32 Å². The number of benzene rings is 2. The van der Waals surface area contributed by atoms with E-state index in [4.69, 9.17) is 0 Å². The number of pyridine rings is 1. The lowest BCUT2D eigenvalue weighted by Crippen LogP contribution is -2.13. The molecule has 31 heavy (non-hydrogen) atoms. The van der Waals surface area contributed by atoms with E-state index in [1.807, 2.05) is 0 Å². The second-order valence-corrected chi connectivity index (χ2v) is 6.48. The van der Waals surface area contributed by atoms with Crippen LogP contribution >= 0.6 is 0 Å². The monoisotopic (exact) mass is 427 g/mol. The van der Waals surface area contributed by atoms with Crippen molar-refractivity contribution in [1.29, 1.82) is 0 Å². The highest BCUT2D eigenvalue weighted by molar-refractivity contribution is 5.92. The lowest BCUT2D eigenvalue weighted by molar-refractivity contribution is -0.384. The van der Waals surface area contributed by atoms with Gasteiger partial charge in [-0.05, 0) is 29.8 Å². The Morgan fingerprint density at radius 2 is 1.84 bits per heavy atom. The molecule has 0 aliphatic rings. The van der Waals surface area contributed by atoms with E-state index in [-0.39, 0.29) is 28.4 Å². The molecular formula is C20H12F3N5O3. The molecule has 0 aliphatic carbocycles. The number of fused-ring (bicyclic) bond motifs is 1. The number of rotatable bonds is 4. The molecule has 2 aromatic heterocycles. The molecule has 2 aromatic carbocycles. The summed E-state index contributed by atoms with van der Waals surface area (Å²) in [6.45, 7) is 0. The Balaban J connectivity index is 1.77. The Hall–Kier alpha value is -4.28. The highest BCUT2D eigenvalue weighted by Crippen LogP contribution is 2.31. The molecule has 0 radical (unpaired) electrons. The van der Waals surface area contributed by atoms with Gasteiger partial charge >= 0.3 is 6.18 Å². The summed E-state index contributed by atoms with van der Waals surface area (Å²) in [5.41, 5.74) is -0.689. The first-order chi connectivity index (χ1) is 14.7. The van der Waals surface area contributed by atoms with E-state index in [1.165, 1.54) is 42.6 Å². The lowest BCUT2D eigenvalue weighted by atomic mass is 10.0. The zero-order valence-corrected chi connectivity index (χ0v) is 15.5. The summed E-state index contributed by atoms with van der Waals surface area (Å²) in [4.78, 5) is 33.9. The largest absolute Gasteiger partial charge is 0.416 e. The predicted octanol–water partition coefficient (Wildman–Crippen LogP) is 4.66. The lowest BCUT2D eigenvalue weighted by Gasteiger charge is -2.11. The van der Waals surface area contributed by atoms with Gasteiger partial charge in [-0.2, -0.15) is 18.2 Å². The van der Waals surface area contributed by atoms with Crippen LogP contribution in [0.2, 0.25) is 0 Å². The number of hydrogen-bond donors (Lipinski definition) is 2.